The molecule has 2 bridgehead atoms. The van der Waals surface area contributed by atoms with Gasteiger partial charge in [-0.25, -0.2) is 0 Å². The minimum Gasteiger partial charge on any atom is -0.507 e. The van der Waals surface area contributed by atoms with Gasteiger partial charge in [0.05, 0.1) is 10.9 Å². The summed E-state index contributed by atoms with van der Waals surface area (Å²) in [6.45, 7) is 0. The Morgan fingerprint density at radius 1 is 1.35 bits per heavy atom. The Morgan fingerprint density at radius 3 is 2.83 bits per heavy atom. The first kappa shape index (κ1) is 14.5. The van der Waals surface area contributed by atoms with Crippen LogP contribution in [0.25, 0.3) is 10.9 Å². The normalized spacial score (nSPS) is 27.1. The van der Waals surface area contributed by atoms with E-state index < -0.39 is 0 Å². The molecule has 1 aromatic heterocycles. The minimum absolute atomic E-state index is 0.0999. The number of aromatic nitrogens is 2. The molecule has 0 radical (unpaired) electrons. The number of amides is 1. The number of benzene rings is 1. The number of carbonyl (C=O) groups is 1. The summed E-state index contributed by atoms with van der Waals surface area (Å²) in [5.74, 6) is -0.0926. The van der Waals surface area contributed by atoms with E-state index in [9.17, 15) is 9.90 Å². The number of carbonyl (C=O) groups excluding carboxylic acids is 1. The molecule has 1 amide bonds. The standard InChI is InChI=1S/C17H22N4O2/c1-21-13-6-3-7-14(22)15(13)16(20-21)17(23)19-12-8-10-4-2-5-11(9-12)18-10/h3,6-7,10-12,18,22H,2,4-5,8-9H2,1H3,(H,19,23)/t10-,11+,12?. The van der Waals surface area contributed by atoms with E-state index in [1.54, 1.807) is 23.9 Å². The van der Waals surface area contributed by atoms with Crippen LogP contribution in [-0.4, -0.2) is 38.9 Å². The number of aryl methyl sites for hydroxylation is 1. The SMILES string of the molecule is Cn1nc(C(=O)NC2C[C@H]3CCC[C@@H](C2)N3)c2c(O)cccc21. The summed E-state index contributed by atoms with van der Waals surface area (Å²) in [5, 5.41) is 21.7. The molecule has 3 atom stereocenters. The van der Waals surface area contributed by atoms with Crippen LogP contribution in [0.1, 0.15) is 42.6 Å². The highest BCUT2D eigenvalue weighted by Crippen LogP contribution is 2.29. The lowest BCUT2D eigenvalue weighted by Gasteiger charge is -2.40. The molecule has 2 aliphatic rings. The van der Waals surface area contributed by atoms with Crippen molar-refractivity contribution in [2.24, 2.45) is 7.05 Å². The van der Waals surface area contributed by atoms with Crippen LogP contribution in [0.2, 0.25) is 0 Å². The number of nitrogens with one attached hydrogen (secondary N) is 2. The maximum atomic E-state index is 12.7. The lowest BCUT2D eigenvalue weighted by atomic mass is 9.84. The van der Waals surface area contributed by atoms with E-state index in [1.807, 2.05) is 6.07 Å². The Bertz CT molecular complexity index is 742. The van der Waals surface area contributed by atoms with Crippen LogP contribution in [0, 0.1) is 0 Å². The van der Waals surface area contributed by atoms with Crippen LogP contribution in [0.3, 0.4) is 0 Å². The van der Waals surface area contributed by atoms with E-state index in [0.717, 1.165) is 18.4 Å². The molecule has 0 aliphatic carbocycles. The highest BCUT2D eigenvalue weighted by Gasteiger charge is 2.32. The molecule has 0 saturated carbocycles. The van der Waals surface area contributed by atoms with Crippen LogP contribution >= 0.6 is 0 Å². The van der Waals surface area contributed by atoms with Gasteiger partial charge in [0.2, 0.25) is 0 Å². The minimum atomic E-state index is -0.193. The molecule has 122 valence electrons. The number of piperidine rings is 2. The van der Waals surface area contributed by atoms with Gasteiger partial charge in [0.25, 0.3) is 5.91 Å². The fraction of sp³-hybridized carbons (Fsp3) is 0.529. The fourth-order valence-corrected chi connectivity index (χ4v) is 4.09. The van der Waals surface area contributed by atoms with Crippen LogP contribution in [0.15, 0.2) is 18.2 Å². The predicted molar refractivity (Wildman–Crippen MR) is 87.4 cm³/mol. The quantitative estimate of drug-likeness (QED) is 0.788. The zero-order valence-corrected chi connectivity index (χ0v) is 13.2. The van der Waals surface area contributed by atoms with Gasteiger partial charge in [-0.2, -0.15) is 5.10 Å². The van der Waals surface area contributed by atoms with Gasteiger partial charge in [0.1, 0.15) is 5.75 Å². The van der Waals surface area contributed by atoms with Gasteiger partial charge in [0.15, 0.2) is 5.69 Å². The summed E-state index contributed by atoms with van der Waals surface area (Å²) in [6, 6.07) is 6.42. The molecular weight excluding hydrogens is 292 g/mol. The molecule has 6 nitrogen and oxygen atoms in total. The smallest absolute Gasteiger partial charge is 0.272 e. The molecule has 1 aromatic carbocycles. The maximum Gasteiger partial charge on any atom is 0.272 e. The molecule has 2 aliphatic heterocycles. The monoisotopic (exact) mass is 314 g/mol. The summed E-state index contributed by atoms with van der Waals surface area (Å²) in [7, 11) is 1.79. The summed E-state index contributed by atoms with van der Waals surface area (Å²) in [5.41, 5.74) is 1.07. The Kier molecular flexibility index (Phi) is 3.49. The van der Waals surface area contributed by atoms with Gasteiger partial charge in [-0.1, -0.05) is 12.5 Å². The average Bonchev–Trinajstić information content (AvgIpc) is 2.86. The maximum absolute atomic E-state index is 12.7. The summed E-state index contributed by atoms with van der Waals surface area (Å²) >= 11 is 0. The van der Waals surface area contributed by atoms with Crippen molar-refractivity contribution in [2.45, 2.75) is 50.2 Å². The second-order valence-electron chi connectivity index (χ2n) is 6.78. The van der Waals surface area contributed by atoms with Crippen molar-refractivity contribution in [3.63, 3.8) is 0 Å². The number of nitrogens with zero attached hydrogens (tertiary/aromatic N) is 2. The number of fused-ring (bicyclic) bond motifs is 3. The number of phenols is 1. The molecular formula is C17H22N4O2. The van der Waals surface area contributed by atoms with Crippen LogP contribution in [-0.2, 0) is 7.05 Å². The van der Waals surface area contributed by atoms with E-state index in [-0.39, 0.29) is 17.7 Å². The molecule has 3 N–H and O–H groups in total. The van der Waals surface area contributed by atoms with Crippen molar-refractivity contribution in [3.8, 4) is 5.75 Å². The molecule has 4 rings (SSSR count). The average molecular weight is 314 g/mol. The lowest BCUT2D eigenvalue weighted by Crippen LogP contribution is -2.54. The van der Waals surface area contributed by atoms with Crippen molar-refractivity contribution >= 4 is 16.8 Å². The Morgan fingerprint density at radius 2 is 2.09 bits per heavy atom. The van der Waals surface area contributed by atoms with Crippen molar-refractivity contribution in [1.82, 2.24) is 20.4 Å². The van der Waals surface area contributed by atoms with Crippen LogP contribution < -0.4 is 10.6 Å². The van der Waals surface area contributed by atoms with E-state index in [1.165, 1.54) is 19.3 Å². The zero-order valence-electron chi connectivity index (χ0n) is 13.2. The second kappa shape index (κ2) is 5.53. The van der Waals surface area contributed by atoms with Gasteiger partial charge in [-0.15, -0.1) is 0 Å². The zero-order chi connectivity index (χ0) is 16.0. The Labute approximate surface area is 134 Å². The second-order valence-corrected chi connectivity index (χ2v) is 6.78. The van der Waals surface area contributed by atoms with Crippen molar-refractivity contribution in [3.05, 3.63) is 23.9 Å². The molecule has 1 unspecified atom stereocenters. The number of hydrogen-bond donors (Lipinski definition) is 3. The Balaban J connectivity index is 1.58. The summed E-state index contributed by atoms with van der Waals surface area (Å²) in [4.78, 5) is 12.7. The molecule has 23 heavy (non-hydrogen) atoms. The molecule has 6 heteroatoms. The molecule has 3 heterocycles. The Hall–Kier alpha value is -2.08. The third-order valence-electron chi connectivity index (χ3n) is 5.12. The lowest BCUT2D eigenvalue weighted by molar-refractivity contribution is 0.0902. The number of rotatable bonds is 2. The molecule has 2 saturated heterocycles. The van der Waals surface area contributed by atoms with Gasteiger partial charge in [-0.3, -0.25) is 9.48 Å². The van der Waals surface area contributed by atoms with E-state index in [0.29, 0.717) is 23.2 Å². The first-order chi connectivity index (χ1) is 11.1. The molecule has 0 spiro atoms. The third kappa shape index (κ3) is 2.57. The van der Waals surface area contributed by atoms with Gasteiger partial charge < -0.3 is 15.7 Å². The fourth-order valence-electron chi connectivity index (χ4n) is 4.09. The van der Waals surface area contributed by atoms with Gasteiger partial charge >= 0.3 is 0 Å². The van der Waals surface area contributed by atoms with Crippen LogP contribution in [0.4, 0.5) is 0 Å². The molecule has 2 aromatic rings. The van der Waals surface area contributed by atoms with E-state index >= 15 is 0 Å². The topological polar surface area (TPSA) is 79.2 Å². The summed E-state index contributed by atoms with van der Waals surface area (Å²) < 4.78 is 1.64. The number of phenolic OH excluding ortho intramolecular Hbond substituents is 1. The van der Waals surface area contributed by atoms with Crippen molar-refractivity contribution < 1.29 is 9.90 Å². The number of aromatic hydroxyl groups is 1. The number of hydrogen-bond acceptors (Lipinski definition) is 4. The van der Waals surface area contributed by atoms with Crippen LogP contribution in [0.5, 0.6) is 5.75 Å². The first-order valence-corrected chi connectivity index (χ1v) is 8.33. The van der Waals surface area contributed by atoms with Crippen molar-refractivity contribution in [2.75, 3.05) is 0 Å². The third-order valence-corrected chi connectivity index (χ3v) is 5.12. The largest absolute Gasteiger partial charge is 0.507 e. The van der Waals surface area contributed by atoms with Crippen molar-refractivity contribution in [1.29, 1.82) is 0 Å². The first-order valence-electron chi connectivity index (χ1n) is 8.33. The summed E-state index contributed by atoms with van der Waals surface area (Å²) in [6.07, 6.45) is 5.60. The van der Waals surface area contributed by atoms with Gasteiger partial charge in [-0.05, 0) is 37.8 Å². The van der Waals surface area contributed by atoms with Gasteiger partial charge in [0, 0.05) is 25.2 Å². The highest BCUT2D eigenvalue weighted by atomic mass is 16.3. The highest BCUT2D eigenvalue weighted by molar-refractivity contribution is 6.07. The predicted octanol–water partition coefficient (Wildman–Crippen LogP) is 1.68. The van der Waals surface area contributed by atoms with E-state index in [2.05, 4.69) is 15.7 Å². The molecule has 2 fully saturated rings. The van der Waals surface area contributed by atoms with E-state index in [4.69, 9.17) is 0 Å².